The summed E-state index contributed by atoms with van der Waals surface area (Å²) >= 11 is 1.79. The fourth-order valence-electron chi connectivity index (χ4n) is 2.23. The van der Waals surface area contributed by atoms with E-state index in [0.29, 0.717) is 12.5 Å². The normalized spacial score (nSPS) is 19.5. The molecule has 0 aliphatic carbocycles. The Bertz CT molecular complexity index is 267. The molecule has 3 heteroatoms. The van der Waals surface area contributed by atoms with Crippen molar-refractivity contribution in [3.05, 3.63) is 22.4 Å². The van der Waals surface area contributed by atoms with Crippen molar-refractivity contribution in [2.45, 2.75) is 19.3 Å². The van der Waals surface area contributed by atoms with Crippen molar-refractivity contribution in [3.8, 4) is 0 Å². The molecule has 2 heterocycles. The lowest BCUT2D eigenvalue weighted by atomic mass is 10.1. The van der Waals surface area contributed by atoms with Gasteiger partial charge in [-0.3, -0.25) is 0 Å². The molecule has 2 rings (SSSR count). The molecule has 1 N–H and O–H groups in total. The Morgan fingerprint density at radius 1 is 1.40 bits per heavy atom. The van der Waals surface area contributed by atoms with Gasteiger partial charge in [0.2, 0.25) is 0 Å². The highest BCUT2D eigenvalue weighted by molar-refractivity contribution is 7.09. The SMILES string of the molecule is OCC(Cc1cccs1)CN1CCCC1. The van der Waals surface area contributed by atoms with Gasteiger partial charge in [-0.15, -0.1) is 11.3 Å². The average Bonchev–Trinajstić information content (AvgIpc) is 2.89. The number of hydrogen-bond acceptors (Lipinski definition) is 3. The van der Waals surface area contributed by atoms with Gasteiger partial charge in [-0.2, -0.15) is 0 Å². The van der Waals surface area contributed by atoms with Gasteiger partial charge in [0.15, 0.2) is 0 Å². The third-order valence-electron chi connectivity index (χ3n) is 3.04. The molecule has 1 aromatic heterocycles. The van der Waals surface area contributed by atoms with Crippen LogP contribution in [0.5, 0.6) is 0 Å². The van der Waals surface area contributed by atoms with Gasteiger partial charge in [-0.05, 0) is 49.7 Å². The van der Waals surface area contributed by atoms with Crippen molar-refractivity contribution >= 4 is 11.3 Å². The number of nitrogens with zero attached hydrogens (tertiary/aromatic N) is 1. The van der Waals surface area contributed by atoms with E-state index in [-0.39, 0.29) is 0 Å². The van der Waals surface area contributed by atoms with Crippen molar-refractivity contribution < 1.29 is 5.11 Å². The van der Waals surface area contributed by atoms with E-state index in [0.717, 1.165) is 13.0 Å². The maximum Gasteiger partial charge on any atom is 0.0474 e. The van der Waals surface area contributed by atoms with E-state index in [4.69, 9.17) is 0 Å². The lowest BCUT2D eigenvalue weighted by molar-refractivity contribution is 0.179. The summed E-state index contributed by atoms with van der Waals surface area (Å²) in [7, 11) is 0. The maximum atomic E-state index is 9.36. The zero-order chi connectivity index (χ0) is 10.5. The fraction of sp³-hybridized carbons (Fsp3) is 0.667. The lowest BCUT2D eigenvalue weighted by Gasteiger charge is -2.21. The Kier molecular flexibility index (Phi) is 4.18. The van der Waals surface area contributed by atoms with Crippen LogP contribution in [0.3, 0.4) is 0 Å². The summed E-state index contributed by atoms with van der Waals surface area (Å²) in [4.78, 5) is 3.88. The van der Waals surface area contributed by atoms with Gasteiger partial charge in [0.25, 0.3) is 0 Å². The van der Waals surface area contributed by atoms with Crippen LogP contribution >= 0.6 is 11.3 Å². The lowest BCUT2D eigenvalue weighted by Crippen LogP contribution is -2.29. The first-order valence-electron chi connectivity index (χ1n) is 5.74. The van der Waals surface area contributed by atoms with E-state index in [2.05, 4.69) is 22.4 Å². The molecule has 0 saturated carbocycles. The summed E-state index contributed by atoms with van der Waals surface area (Å²) in [6.45, 7) is 3.82. The highest BCUT2D eigenvalue weighted by Crippen LogP contribution is 2.17. The molecule has 0 aromatic carbocycles. The van der Waals surface area contributed by atoms with Gasteiger partial charge in [0.05, 0.1) is 0 Å². The third-order valence-corrected chi connectivity index (χ3v) is 3.94. The molecule has 0 bridgehead atoms. The zero-order valence-electron chi connectivity index (χ0n) is 9.06. The molecule has 84 valence electrons. The van der Waals surface area contributed by atoms with E-state index in [1.807, 2.05) is 0 Å². The van der Waals surface area contributed by atoms with Crippen molar-refractivity contribution in [1.29, 1.82) is 0 Å². The third kappa shape index (κ3) is 3.30. The van der Waals surface area contributed by atoms with Gasteiger partial charge in [0.1, 0.15) is 0 Å². The standard InChI is InChI=1S/C12H19NOS/c14-10-11(8-12-4-3-7-15-12)9-13-5-1-2-6-13/h3-4,7,11,14H,1-2,5-6,8-10H2. The summed E-state index contributed by atoms with van der Waals surface area (Å²) in [5.41, 5.74) is 0. The molecule has 1 aliphatic rings. The average molecular weight is 225 g/mol. The maximum absolute atomic E-state index is 9.36. The molecule has 15 heavy (non-hydrogen) atoms. The van der Waals surface area contributed by atoms with Crippen molar-refractivity contribution in [1.82, 2.24) is 4.90 Å². The zero-order valence-corrected chi connectivity index (χ0v) is 9.88. The van der Waals surface area contributed by atoms with E-state index >= 15 is 0 Å². The molecular weight excluding hydrogens is 206 g/mol. The molecule has 0 amide bonds. The minimum Gasteiger partial charge on any atom is -0.396 e. The van der Waals surface area contributed by atoms with Crippen LogP contribution in [0.4, 0.5) is 0 Å². The van der Waals surface area contributed by atoms with Gasteiger partial charge in [-0.25, -0.2) is 0 Å². The molecule has 1 aromatic rings. The van der Waals surface area contributed by atoms with E-state index < -0.39 is 0 Å². The quantitative estimate of drug-likeness (QED) is 0.828. The number of hydrogen-bond donors (Lipinski definition) is 1. The van der Waals surface area contributed by atoms with Crippen LogP contribution in [0.15, 0.2) is 17.5 Å². The topological polar surface area (TPSA) is 23.5 Å². The van der Waals surface area contributed by atoms with Crippen LogP contribution in [0, 0.1) is 5.92 Å². The van der Waals surface area contributed by atoms with Crippen LogP contribution in [-0.2, 0) is 6.42 Å². The van der Waals surface area contributed by atoms with Crippen LogP contribution < -0.4 is 0 Å². The van der Waals surface area contributed by atoms with Gasteiger partial charge >= 0.3 is 0 Å². The minimum absolute atomic E-state index is 0.314. The molecule has 0 spiro atoms. The van der Waals surface area contributed by atoms with Gasteiger partial charge in [0, 0.05) is 18.0 Å². The Labute approximate surface area is 95.5 Å². The molecule has 1 unspecified atom stereocenters. The second-order valence-corrected chi connectivity index (χ2v) is 5.37. The van der Waals surface area contributed by atoms with Crippen LogP contribution in [-0.4, -0.2) is 36.2 Å². The van der Waals surface area contributed by atoms with Crippen molar-refractivity contribution in [2.24, 2.45) is 5.92 Å². The molecule has 0 radical (unpaired) electrons. The highest BCUT2D eigenvalue weighted by Gasteiger charge is 2.17. The Morgan fingerprint density at radius 2 is 2.20 bits per heavy atom. The van der Waals surface area contributed by atoms with Crippen LogP contribution in [0.2, 0.25) is 0 Å². The fourth-order valence-corrected chi connectivity index (χ4v) is 3.05. The predicted octanol–water partition coefficient (Wildman–Crippen LogP) is 1.99. The molecule has 2 nitrogen and oxygen atoms in total. The number of likely N-dealkylation sites (tertiary alicyclic amines) is 1. The summed E-state index contributed by atoms with van der Waals surface area (Å²) in [5.74, 6) is 0.418. The van der Waals surface area contributed by atoms with E-state index in [1.54, 1.807) is 11.3 Å². The van der Waals surface area contributed by atoms with E-state index in [1.165, 1.54) is 30.8 Å². The number of aliphatic hydroxyl groups is 1. The van der Waals surface area contributed by atoms with Crippen LogP contribution in [0.1, 0.15) is 17.7 Å². The Morgan fingerprint density at radius 3 is 2.80 bits per heavy atom. The van der Waals surface area contributed by atoms with Crippen molar-refractivity contribution in [2.75, 3.05) is 26.2 Å². The molecule has 1 saturated heterocycles. The highest BCUT2D eigenvalue weighted by atomic mass is 32.1. The van der Waals surface area contributed by atoms with Crippen LogP contribution in [0.25, 0.3) is 0 Å². The molecule has 1 atom stereocenters. The summed E-state index contributed by atoms with van der Waals surface area (Å²) in [6, 6.07) is 4.25. The Hall–Kier alpha value is -0.380. The second kappa shape index (κ2) is 5.64. The first-order chi connectivity index (χ1) is 7.38. The summed E-state index contributed by atoms with van der Waals surface area (Å²) in [5, 5.41) is 11.5. The largest absolute Gasteiger partial charge is 0.396 e. The van der Waals surface area contributed by atoms with Crippen molar-refractivity contribution in [3.63, 3.8) is 0 Å². The predicted molar refractivity (Wildman–Crippen MR) is 64.3 cm³/mol. The summed E-state index contributed by atoms with van der Waals surface area (Å²) < 4.78 is 0. The van der Waals surface area contributed by atoms with Gasteiger partial charge in [-0.1, -0.05) is 6.07 Å². The second-order valence-electron chi connectivity index (χ2n) is 4.34. The number of thiophene rings is 1. The molecule has 1 aliphatic heterocycles. The Balaban J connectivity index is 1.81. The first-order valence-corrected chi connectivity index (χ1v) is 6.62. The monoisotopic (exact) mass is 225 g/mol. The van der Waals surface area contributed by atoms with E-state index in [9.17, 15) is 5.11 Å². The summed E-state index contributed by atoms with van der Waals surface area (Å²) in [6.07, 6.45) is 3.69. The number of aliphatic hydroxyl groups excluding tert-OH is 1. The first kappa shape index (κ1) is 11.1. The van der Waals surface area contributed by atoms with Gasteiger partial charge < -0.3 is 10.0 Å². The molecule has 1 fully saturated rings. The minimum atomic E-state index is 0.314. The molecular formula is C12H19NOS. The smallest absolute Gasteiger partial charge is 0.0474 e. The number of rotatable bonds is 5.